The number of hydrogen-bond acceptors (Lipinski definition) is 2. The van der Waals surface area contributed by atoms with Crippen LogP contribution in [0.1, 0.15) is 36.1 Å². The van der Waals surface area contributed by atoms with Crippen molar-refractivity contribution in [3.63, 3.8) is 0 Å². The fourth-order valence-electron chi connectivity index (χ4n) is 3.32. The number of carbonyl (C=O) groups is 1. The van der Waals surface area contributed by atoms with Gasteiger partial charge in [0.15, 0.2) is 6.61 Å². The Morgan fingerprint density at radius 3 is 2.58 bits per heavy atom. The fraction of sp³-hybridized carbons (Fsp3) is 0.261. The average Bonchev–Trinajstić information content (AvgIpc) is 2.65. The number of fused-ring (bicyclic) bond motifs is 1. The van der Waals surface area contributed by atoms with Gasteiger partial charge >= 0.3 is 0 Å². The van der Waals surface area contributed by atoms with E-state index in [0.29, 0.717) is 0 Å². The van der Waals surface area contributed by atoms with Crippen molar-refractivity contribution >= 4 is 16.7 Å². The second kappa shape index (κ2) is 8.05. The van der Waals surface area contributed by atoms with E-state index in [1.165, 1.54) is 11.1 Å². The first kappa shape index (κ1) is 18.0. The summed E-state index contributed by atoms with van der Waals surface area (Å²) in [4.78, 5) is 12.4. The Kier molecular flexibility index (Phi) is 5.57. The second-order valence-corrected chi connectivity index (χ2v) is 6.65. The van der Waals surface area contributed by atoms with Gasteiger partial charge in [-0.2, -0.15) is 0 Å². The summed E-state index contributed by atoms with van der Waals surface area (Å²) in [6, 6.07) is 20.2. The van der Waals surface area contributed by atoms with Gasteiger partial charge in [0.25, 0.3) is 5.91 Å². The van der Waals surface area contributed by atoms with Gasteiger partial charge in [-0.3, -0.25) is 4.79 Å². The predicted molar refractivity (Wildman–Crippen MR) is 107 cm³/mol. The summed E-state index contributed by atoms with van der Waals surface area (Å²) in [5, 5.41) is 5.22. The molecule has 0 aliphatic rings. The zero-order valence-electron chi connectivity index (χ0n) is 15.6. The molecule has 0 unspecified atom stereocenters. The first-order valence-corrected chi connectivity index (χ1v) is 9.05. The molecule has 0 saturated heterocycles. The van der Waals surface area contributed by atoms with Crippen molar-refractivity contribution in [2.75, 3.05) is 6.61 Å². The van der Waals surface area contributed by atoms with Gasteiger partial charge in [-0.15, -0.1) is 0 Å². The van der Waals surface area contributed by atoms with Crippen LogP contribution in [0.5, 0.6) is 5.75 Å². The molecule has 134 valence electrons. The van der Waals surface area contributed by atoms with Crippen LogP contribution in [0.25, 0.3) is 10.8 Å². The Balaban J connectivity index is 1.67. The van der Waals surface area contributed by atoms with Gasteiger partial charge in [-0.05, 0) is 42.8 Å². The number of nitrogens with one attached hydrogen (secondary N) is 1. The number of carbonyl (C=O) groups excluding carboxylic acids is 1. The summed E-state index contributed by atoms with van der Waals surface area (Å²) in [5.74, 6) is 0.627. The molecule has 3 rings (SSSR count). The summed E-state index contributed by atoms with van der Waals surface area (Å²) < 4.78 is 5.80. The van der Waals surface area contributed by atoms with E-state index >= 15 is 0 Å². The Labute approximate surface area is 155 Å². The Bertz CT molecular complexity index is 912. The van der Waals surface area contributed by atoms with E-state index in [4.69, 9.17) is 4.74 Å². The van der Waals surface area contributed by atoms with Crippen LogP contribution in [0, 0.1) is 13.8 Å². The van der Waals surface area contributed by atoms with E-state index in [9.17, 15) is 4.79 Å². The van der Waals surface area contributed by atoms with Crippen LogP contribution < -0.4 is 10.1 Å². The van der Waals surface area contributed by atoms with Gasteiger partial charge in [0.2, 0.25) is 0 Å². The number of rotatable bonds is 6. The van der Waals surface area contributed by atoms with Crippen LogP contribution >= 0.6 is 0 Å². The predicted octanol–water partition coefficient (Wildman–Crippen LogP) is 5.10. The normalized spacial score (nSPS) is 12.0. The molecule has 0 spiro atoms. The summed E-state index contributed by atoms with van der Waals surface area (Å²) in [6.07, 6.45) is 0.837. The van der Waals surface area contributed by atoms with Crippen molar-refractivity contribution in [3.8, 4) is 5.75 Å². The maximum atomic E-state index is 12.4. The number of benzene rings is 3. The molecule has 3 heteroatoms. The molecular weight excluding hydrogens is 322 g/mol. The summed E-state index contributed by atoms with van der Waals surface area (Å²) in [6.45, 7) is 6.25. The summed E-state index contributed by atoms with van der Waals surface area (Å²) in [5.41, 5.74) is 3.59. The van der Waals surface area contributed by atoms with Gasteiger partial charge in [-0.1, -0.05) is 67.1 Å². The van der Waals surface area contributed by atoms with Crippen LogP contribution in [0.4, 0.5) is 0 Å². The highest BCUT2D eigenvalue weighted by molar-refractivity contribution is 5.88. The van der Waals surface area contributed by atoms with E-state index < -0.39 is 0 Å². The first-order chi connectivity index (χ1) is 12.6. The topological polar surface area (TPSA) is 38.3 Å². The lowest BCUT2D eigenvalue weighted by Gasteiger charge is -2.20. The largest absolute Gasteiger partial charge is 0.483 e. The molecule has 3 aromatic carbocycles. The van der Waals surface area contributed by atoms with Crippen molar-refractivity contribution in [2.24, 2.45) is 0 Å². The molecular formula is C23H25NO2. The van der Waals surface area contributed by atoms with E-state index in [0.717, 1.165) is 28.5 Å². The number of amides is 1. The van der Waals surface area contributed by atoms with Gasteiger partial charge < -0.3 is 10.1 Å². The molecule has 0 radical (unpaired) electrons. The van der Waals surface area contributed by atoms with Gasteiger partial charge in [0, 0.05) is 5.39 Å². The second-order valence-electron chi connectivity index (χ2n) is 6.65. The molecule has 0 bridgehead atoms. The molecule has 0 saturated carbocycles. The summed E-state index contributed by atoms with van der Waals surface area (Å²) in [7, 11) is 0. The third-order valence-corrected chi connectivity index (χ3v) is 4.65. The standard InChI is InChI=1S/C23H25NO2/c1-4-21(19-13-12-16(2)14-17(19)3)24-23(25)15-26-22-11-7-9-18-8-5-6-10-20(18)22/h5-14,21H,4,15H2,1-3H3,(H,24,25)/t21-/m0/s1. The third-order valence-electron chi connectivity index (χ3n) is 4.65. The van der Waals surface area contributed by atoms with E-state index in [2.05, 4.69) is 44.3 Å². The van der Waals surface area contributed by atoms with Crippen LogP contribution in [0.2, 0.25) is 0 Å². The van der Waals surface area contributed by atoms with Crippen molar-refractivity contribution in [1.82, 2.24) is 5.32 Å². The molecule has 1 amide bonds. The average molecular weight is 347 g/mol. The Hall–Kier alpha value is -2.81. The molecule has 3 aromatic rings. The van der Waals surface area contributed by atoms with Crippen LogP contribution in [-0.2, 0) is 4.79 Å². The Morgan fingerprint density at radius 1 is 1.04 bits per heavy atom. The summed E-state index contributed by atoms with van der Waals surface area (Å²) >= 11 is 0. The minimum absolute atomic E-state index is 0.000725. The van der Waals surface area contributed by atoms with Crippen LogP contribution in [0.15, 0.2) is 60.7 Å². The molecule has 0 heterocycles. The number of ether oxygens (including phenoxy) is 1. The fourth-order valence-corrected chi connectivity index (χ4v) is 3.32. The molecule has 0 aliphatic carbocycles. The van der Waals surface area contributed by atoms with Crippen molar-refractivity contribution < 1.29 is 9.53 Å². The maximum Gasteiger partial charge on any atom is 0.258 e. The third kappa shape index (κ3) is 4.05. The molecule has 0 aromatic heterocycles. The number of hydrogen-bond donors (Lipinski definition) is 1. The SMILES string of the molecule is CC[C@H](NC(=O)COc1cccc2ccccc12)c1ccc(C)cc1C. The zero-order chi connectivity index (χ0) is 18.5. The maximum absolute atomic E-state index is 12.4. The van der Waals surface area contributed by atoms with Gasteiger partial charge in [-0.25, -0.2) is 0 Å². The minimum atomic E-state index is -0.107. The smallest absolute Gasteiger partial charge is 0.258 e. The number of aryl methyl sites for hydroxylation is 2. The lowest BCUT2D eigenvalue weighted by atomic mass is 9.97. The van der Waals surface area contributed by atoms with Crippen molar-refractivity contribution in [2.45, 2.75) is 33.2 Å². The van der Waals surface area contributed by atoms with Crippen LogP contribution in [-0.4, -0.2) is 12.5 Å². The molecule has 0 aliphatic heterocycles. The molecule has 26 heavy (non-hydrogen) atoms. The quantitative estimate of drug-likeness (QED) is 0.673. The monoisotopic (exact) mass is 347 g/mol. The lowest BCUT2D eigenvalue weighted by molar-refractivity contribution is -0.123. The van der Waals surface area contributed by atoms with E-state index in [1.54, 1.807) is 0 Å². The van der Waals surface area contributed by atoms with Crippen molar-refractivity contribution in [1.29, 1.82) is 0 Å². The Morgan fingerprint density at radius 2 is 1.81 bits per heavy atom. The first-order valence-electron chi connectivity index (χ1n) is 9.05. The minimum Gasteiger partial charge on any atom is -0.483 e. The van der Waals surface area contributed by atoms with Crippen molar-refractivity contribution in [3.05, 3.63) is 77.4 Å². The highest BCUT2D eigenvalue weighted by Gasteiger charge is 2.15. The van der Waals surface area contributed by atoms with Gasteiger partial charge in [0.05, 0.1) is 6.04 Å². The molecule has 3 nitrogen and oxygen atoms in total. The molecule has 1 atom stereocenters. The molecule has 1 N–H and O–H groups in total. The van der Waals surface area contributed by atoms with Gasteiger partial charge in [0.1, 0.15) is 5.75 Å². The van der Waals surface area contributed by atoms with E-state index in [1.807, 2.05) is 42.5 Å². The van der Waals surface area contributed by atoms with Crippen LogP contribution in [0.3, 0.4) is 0 Å². The highest BCUT2D eigenvalue weighted by Crippen LogP contribution is 2.25. The lowest BCUT2D eigenvalue weighted by Crippen LogP contribution is -2.32. The van der Waals surface area contributed by atoms with E-state index in [-0.39, 0.29) is 18.6 Å². The zero-order valence-corrected chi connectivity index (χ0v) is 15.6. The highest BCUT2D eigenvalue weighted by atomic mass is 16.5. The molecule has 0 fully saturated rings.